The monoisotopic (exact) mass is 397 g/mol. The number of fused-ring (bicyclic) bond motifs is 1. The SMILES string of the molecule is O=C(C=Cc1ccc(CN(CCO)CCc2c[nH]c3ccc(F)cc23)cc1)NO. The minimum atomic E-state index is -0.583. The maximum Gasteiger partial charge on any atom is 0.267 e. The molecule has 6 nitrogen and oxygen atoms in total. The molecule has 1 amide bonds. The maximum absolute atomic E-state index is 13.6. The Hall–Kier alpha value is -3.00. The number of nitrogens with one attached hydrogen (secondary N) is 2. The van der Waals surface area contributed by atoms with Crippen molar-refractivity contribution in [3.63, 3.8) is 0 Å². The van der Waals surface area contributed by atoms with Gasteiger partial charge in [0.2, 0.25) is 0 Å². The number of aromatic nitrogens is 1. The van der Waals surface area contributed by atoms with Gasteiger partial charge in [-0.25, -0.2) is 9.87 Å². The van der Waals surface area contributed by atoms with Gasteiger partial charge >= 0.3 is 0 Å². The smallest absolute Gasteiger partial charge is 0.267 e. The number of nitrogens with zero attached hydrogens (tertiary/aromatic N) is 1. The summed E-state index contributed by atoms with van der Waals surface area (Å²) in [6, 6.07) is 12.4. The van der Waals surface area contributed by atoms with Crippen LogP contribution in [0.2, 0.25) is 0 Å². The molecule has 4 N–H and O–H groups in total. The lowest BCUT2D eigenvalue weighted by atomic mass is 10.1. The fraction of sp³-hybridized carbons (Fsp3) is 0.227. The van der Waals surface area contributed by atoms with E-state index in [0.29, 0.717) is 13.1 Å². The molecule has 0 radical (unpaired) electrons. The van der Waals surface area contributed by atoms with Gasteiger partial charge in [-0.1, -0.05) is 24.3 Å². The van der Waals surface area contributed by atoms with Crippen LogP contribution in [-0.2, 0) is 17.8 Å². The normalized spacial score (nSPS) is 11.6. The molecular weight excluding hydrogens is 373 g/mol. The fourth-order valence-corrected chi connectivity index (χ4v) is 3.25. The summed E-state index contributed by atoms with van der Waals surface area (Å²) in [5.74, 6) is -0.837. The quantitative estimate of drug-likeness (QED) is 0.254. The molecule has 0 fully saturated rings. The number of aliphatic hydroxyl groups is 1. The highest BCUT2D eigenvalue weighted by atomic mass is 19.1. The second-order valence-corrected chi connectivity index (χ2v) is 6.80. The van der Waals surface area contributed by atoms with E-state index in [1.807, 2.05) is 30.5 Å². The van der Waals surface area contributed by atoms with Crippen molar-refractivity contribution in [1.82, 2.24) is 15.4 Å². The van der Waals surface area contributed by atoms with Crippen LogP contribution in [0.1, 0.15) is 16.7 Å². The van der Waals surface area contributed by atoms with Crippen molar-refractivity contribution in [3.8, 4) is 0 Å². The van der Waals surface area contributed by atoms with E-state index in [-0.39, 0.29) is 12.4 Å². The van der Waals surface area contributed by atoms with Gasteiger partial charge in [0.05, 0.1) is 6.61 Å². The standard InChI is InChI=1S/C22H24FN3O3/c23-19-6-7-21-20(13-19)18(14-24-21)9-10-26(11-12-27)15-17-3-1-16(2-4-17)5-8-22(28)25-29/h1-8,13-14,24,27,29H,9-12,15H2,(H,25,28). The predicted octanol–water partition coefficient (Wildman–Crippen LogP) is 2.86. The molecule has 0 saturated carbocycles. The van der Waals surface area contributed by atoms with Crippen LogP contribution in [0.5, 0.6) is 0 Å². The molecule has 0 aliphatic heterocycles. The number of carbonyl (C=O) groups excluding carboxylic acids is 1. The highest BCUT2D eigenvalue weighted by Crippen LogP contribution is 2.20. The Morgan fingerprint density at radius 1 is 1.17 bits per heavy atom. The maximum atomic E-state index is 13.6. The molecule has 1 heterocycles. The summed E-state index contributed by atoms with van der Waals surface area (Å²) in [5.41, 5.74) is 5.42. The van der Waals surface area contributed by atoms with Gasteiger partial charge in [0, 0.05) is 42.8 Å². The molecule has 2 aromatic carbocycles. The highest BCUT2D eigenvalue weighted by molar-refractivity contribution is 5.90. The first-order valence-corrected chi connectivity index (χ1v) is 9.39. The van der Waals surface area contributed by atoms with E-state index in [9.17, 15) is 14.3 Å². The first-order chi connectivity index (χ1) is 14.1. The zero-order chi connectivity index (χ0) is 20.6. The number of hydrogen-bond acceptors (Lipinski definition) is 4. The van der Waals surface area contributed by atoms with Crippen LogP contribution >= 0.6 is 0 Å². The molecule has 1 aromatic heterocycles. The summed E-state index contributed by atoms with van der Waals surface area (Å²) in [7, 11) is 0. The van der Waals surface area contributed by atoms with Crippen molar-refractivity contribution in [2.24, 2.45) is 0 Å². The van der Waals surface area contributed by atoms with Gasteiger partial charge in [-0.05, 0) is 47.4 Å². The Morgan fingerprint density at radius 2 is 1.97 bits per heavy atom. The molecule has 0 saturated heterocycles. The number of halogens is 1. The van der Waals surface area contributed by atoms with Crippen molar-refractivity contribution >= 4 is 22.9 Å². The van der Waals surface area contributed by atoms with Crippen LogP contribution < -0.4 is 5.48 Å². The Kier molecular flexibility index (Phi) is 7.13. The van der Waals surface area contributed by atoms with Crippen molar-refractivity contribution in [2.75, 3.05) is 19.7 Å². The summed E-state index contributed by atoms with van der Waals surface area (Å²) in [6.45, 7) is 1.98. The first kappa shape index (κ1) is 20.7. The van der Waals surface area contributed by atoms with Gasteiger partial charge < -0.3 is 10.1 Å². The number of carbonyl (C=O) groups is 1. The zero-order valence-corrected chi connectivity index (χ0v) is 15.9. The number of hydroxylamine groups is 1. The lowest BCUT2D eigenvalue weighted by Gasteiger charge is -2.21. The van der Waals surface area contributed by atoms with Crippen LogP contribution in [0.25, 0.3) is 17.0 Å². The third kappa shape index (κ3) is 5.74. The molecule has 0 aliphatic rings. The summed E-state index contributed by atoms with van der Waals surface area (Å²) in [5, 5.41) is 18.8. The lowest BCUT2D eigenvalue weighted by Crippen LogP contribution is -2.28. The molecule has 0 aliphatic carbocycles. The zero-order valence-electron chi connectivity index (χ0n) is 15.9. The van der Waals surface area contributed by atoms with Crippen LogP contribution in [0.3, 0.4) is 0 Å². The molecule has 0 bridgehead atoms. The molecule has 3 rings (SSSR count). The first-order valence-electron chi connectivity index (χ1n) is 9.39. The largest absolute Gasteiger partial charge is 0.395 e. The molecule has 3 aromatic rings. The van der Waals surface area contributed by atoms with Crippen LogP contribution in [0, 0.1) is 5.82 Å². The number of H-pyrrole nitrogens is 1. The minimum absolute atomic E-state index is 0.0552. The number of aliphatic hydroxyl groups excluding tert-OH is 1. The van der Waals surface area contributed by atoms with Gasteiger partial charge in [0.25, 0.3) is 5.91 Å². The van der Waals surface area contributed by atoms with Crippen LogP contribution in [-0.4, -0.2) is 45.8 Å². The number of rotatable bonds is 9. The predicted molar refractivity (Wildman–Crippen MR) is 110 cm³/mol. The van der Waals surface area contributed by atoms with Gasteiger partial charge in [-0.15, -0.1) is 0 Å². The van der Waals surface area contributed by atoms with E-state index in [1.165, 1.54) is 12.1 Å². The second kappa shape index (κ2) is 9.97. The Labute approximate surface area is 168 Å². The topological polar surface area (TPSA) is 88.6 Å². The number of hydrogen-bond donors (Lipinski definition) is 4. The molecule has 0 atom stereocenters. The summed E-state index contributed by atoms with van der Waals surface area (Å²) >= 11 is 0. The van der Waals surface area contributed by atoms with Gasteiger partial charge in [-0.3, -0.25) is 14.9 Å². The van der Waals surface area contributed by atoms with Crippen molar-refractivity contribution < 1.29 is 19.5 Å². The average Bonchev–Trinajstić information content (AvgIpc) is 3.13. The summed E-state index contributed by atoms with van der Waals surface area (Å²) < 4.78 is 13.6. The van der Waals surface area contributed by atoms with Crippen molar-refractivity contribution in [3.05, 3.63) is 77.2 Å². The van der Waals surface area contributed by atoms with E-state index < -0.39 is 5.91 Å². The Morgan fingerprint density at radius 3 is 2.69 bits per heavy atom. The summed E-state index contributed by atoms with van der Waals surface area (Å²) in [6.07, 6.45) is 5.50. The van der Waals surface area contributed by atoms with Gasteiger partial charge in [-0.2, -0.15) is 0 Å². The van der Waals surface area contributed by atoms with Crippen molar-refractivity contribution in [2.45, 2.75) is 13.0 Å². The highest BCUT2D eigenvalue weighted by Gasteiger charge is 2.09. The van der Waals surface area contributed by atoms with E-state index in [0.717, 1.165) is 40.6 Å². The van der Waals surface area contributed by atoms with E-state index in [4.69, 9.17) is 5.21 Å². The minimum Gasteiger partial charge on any atom is -0.395 e. The molecule has 0 spiro atoms. The van der Waals surface area contributed by atoms with Gasteiger partial charge in [0.1, 0.15) is 5.82 Å². The molecule has 7 heteroatoms. The van der Waals surface area contributed by atoms with Crippen LogP contribution in [0.15, 0.2) is 54.7 Å². The third-order valence-electron chi connectivity index (χ3n) is 4.77. The van der Waals surface area contributed by atoms with E-state index in [1.54, 1.807) is 23.7 Å². The number of benzene rings is 2. The molecule has 29 heavy (non-hydrogen) atoms. The Bertz CT molecular complexity index is 983. The fourth-order valence-electron chi connectivity index (χ4n) is 3.25. The lowest BCUT2D eigenvalue weighted by molar-refractivity contribution is -0.124. The van der Waals surface area contributed by atoms with Gasteiger partial charge in [0.15, 0.2) is 0 Å². The van der Waals surface area contributed by atoms with E-state index >= 15 is 0 Å². The van der Waals surface area contributed by atoms with Crippen molar-refractivity contribution in [1.29, 1.82) is 0 Å². The molecule has 0 unspecified atom stereocenters. The number of amides is 1. The third-order valence-corrected chi connectivity index (χ3v) is 4.77. The van der Waals surface area contributed by atoms with E-state index in [2.05, 4.69) is 9.88 Å². The summed E-state index contributed by atoms with van der Waals surface area (Å²) in [4.78, 5) is 16.3. The molecular formula is C22H24FN3O3. The average molecular weight is 397 g/mol. The number of aromatic amines is 1. The second-order valence-electron chi connectivity index (χ2n) is 6.80. The van der Waals surface area contributed by atoms with Crippen LogP contribution in [0.4, 0.5) is 4.39 Å². The molecule has 152 valence electrons. The Balaban J connectivity index is 1.63.